The van der Waals surface area contributed by atoms with Crippen LogP contribution < -0.4 is 4.90 Å². The summed E-state index contributed by atoms with van der Waals surface area (Å²) in [7, 11) is 3.97. The number of likely N-dealkylation sites (tertiary alicyclic amines) is 1. The van der Waals surface area contributed by atoms with Crippen LogP contribution in [0.4, 0.5) is 5.82 Å². The molecular weight excluding hydrogens is 490 g/mol. The van der Waals surface area contributed by atoms with Crippen LogP contribution in [0.5, 0.6) is 0 Å². The van der Waals surface area contributed by atoms with Crippen LogP contribution in [0.1, 0.15) is 12.0 Å². The number of carbonyl (C=O) groups is 1. The molecule has 10 nitrogen and oxygen atoms in total. The summed E-state index contributed by atoms with van der Waals surface area (Å²) in [5.41, 5.74) is 4.95. The lowest BCUT2D eigenvalue weighted by atomic mass is 10.0. The first-order valence-corrected chi connectivity index (χ1v) is 13.1. The Morgan fingerprint density at radius 2 is 1.82 bits per heavy atom. The summed E-state index contributed by atoms with van der Waals surface area (Å²) in [6, 6.07) is 8.34. The normalized spacial score (nSPS) is 17.7. The van der Waals surface area contributed by atoms with E-state index < -0.39 is 0 Å². The lowest BCUT2D eigenvalue weighted by molar-refractivity contribution is -0.125. The van der Waals surface area contributed by atoms with Gasteiger partial charge in [0.1, 0.15) is 11.9 Å². The maximum absolute atomic E-state index is 12.6. The van der Waals surface area contributed by atoms with Crippen molar-refractivity contribution >= 4 is 17.2 Å². The molecule has 196 valence electrons. The maximum atomic E-state index is 12.6. The number of aryl methyl sites for hydroxylation is 1. The lowest BCUT2D eigenvalue weighted by Crippen LogP contribution is -2.48. The van der Waals surface area contributed by atoms with Gasteiger partial charge in [0.25, 0.3) is 5.91 Å². The number of pyridine rings is 2. The molecule has 0 radical (unpaired) electrons. The van der Waals surface area contributed by atoms with Crippen LogP contribution in [0.2, 0.25) is 0 Å². The molecule has 0 aliphatic carbocycles. The van der Waals surface area contributed by atoms with E-state index >= 15 is 0 Å². The predicted molar refractivity (Wildman–Crippen MR) is 148 cm³/mol. The first kappa shape index (κ1) is 24.7. The quantitative estimate of drug-likeness (QED) is 0.383. The molecule has 10 heteroatoms. The molecule has 0 spiro atoms. The Kier molecular flexibility index (Phi) is 6.47. The Bertz CT molecular complexity index is 1630. The number of hydrogen-bond acceptors (Lipinski definition) is 7. The van der Waals surface area contributed by atoms with Gasteiger partial charge in [0.05, 0.1) is 23.5 Å². The smallest absolute Gasteiger partial charge is 0.298 e. The standard InChI is InChI=1S/C29H29N9O/c1-34-8-7-21(18-34)3-6-28(39)37-11-9-36(10-12-37)27-5-4-22(15-31-27)26-13-23(25-17-32-35(2)19-25)20-38-29(26)24(14-30)16-33-38/h4-5,13,15-17,19-21H,7-12,18H2,1-2H3. The summed E-state index contributed by atoms with van der Waals surface area (Å²) < 4.78 is 3.50. The topological polar surface area (TPSA) is 98.6 Å². The second-order valence-corrected chi connectivity index (χ2v) is 10.2. The highest BCUT2D eigenvalue weighted by Crippen LogP contribution is 2.32. The molecule has 4 aromatic rings. The number of fused-ring (bicyclic) bond motifs is 1. The number of anilines is 1. The van der Waals surface area contributed by atoms with E-state index in [4.69, 9.17) is 4.98 Å². The fraction of sp³-hybridized carbons (Fsp3) is 0.345. The third-order valence-corrected chi connectivity index (χ3v) is 7.49. The van der Waals surface area contributed by atoms with E-state index in [1.165, 1.54) is 0 Å². The fourth-order valence-corrected chi connectivity index (χ4v) is 5.32. The van der Waals surface area contributed by atoms with Gasteiger partial charge in [-0.15, -0.1) is 0 Å². The molecule has 0 N–H and O–H groups in total. The molecule has 2 aliphatic rings. The van der Waals surface area contributed by atoms with Crippen molar-refractivity contribution < 1.29 is 4.79 Å². The van der Waals surface area contributed by atoms with Gasteiger partial charge in [0.15, 0.2) is 0 Å². The molecule has 1 unspecified atom stereocenters. The molecule has 6 heterocycles. The molecule has 1 atom stereocenters. The zero-order chi connectivity index (χ0) is 26.9. The highest BCUT2D eigenvalue weighted by atomic mass is 16.2. The van der Waals surface area contributed by atoms with E-state index in [0.29, 0.717) is 37.7 Å². The number of hydrogen-bond donors (Lipinski definition) is 0. The Morgan fingerprint density at radius 3 is 2.49 bits per heavy atom. The van der Waals surface area contributed by atoms with Crippen LogP contribution in [0.15, 0.2) is 49.2 Å². The molecule has 39 heavy (non-hydrogen) atoms. The van der Waals surface area contributed by atoms with Crippen molar-refractivity contribution in [2.45, 2.75) is 6.42 Å². The first-order chi connectivity index (χ1) is 19.0. The minimum absolute atomic E-state index is 0.0841. The predicted octanol–water partition coefficient (Wildman–Crippen LogP) is 2.27. The minimum Gasteiger partial charge on any atom is -0.353 e. The average molecular weight is 520 g/mol. The van der Waals surface area contributed by atoms with Crippen LogP contribution in [0, 0.1) is 29.1 Å². The summed E-state index contributed by atoms with van der Waals surface area (Å²) in [5.74, 6) is 7.11. The molecule has 2 saturated heterocycles. The maximum Gasteiger partial charge on any atom is 0.298 e. The molecule has 6 rings (SSSR count). The SMILES string of the molecule is CN1CCC(C#CC(=O)N2CCN(c3ccc(-c4cc(-c5cnn(C)c5)cn5ncc(C#N)c45)cn3)CC2)C1. The molecular formula is C29H29N9O. The van der Waals surface area contributed by atoms with Gasteiger partial charge in [0.2, 0.25) is 0 Å². The van der Waals surface area contributed by atoms with Crippen LogP contribution >= 0.6 is 0 Å². The number of aromatic nitrogens is 5. The Balaban J connectivity index is 1.19. The van der Waals surface area contributed by atoms with Gasteiger partial charge >= 0.3 is 0 Å². The van der Waals surface area contributed by atoms with E-state index in [1.54, 1.807) is 15.4 Å². The molecule has 2 fully saturated rings. The van der Waals surface area contributed by atoms with Crippen molar-refractivity contribution in [1.29, 1.82) is 5.26 Å². The Morgan fingerprint density at radius 1 is 0.974 bits per heavy atom. The van der Waals surface area contributed by atoms with Crippen LogP contribution in [-0.2, 0) is 11.8 Å². The number of nitriles is 1. The molecule has 0 aromatic carbocycles. The van der Waals surface area contributed by atoms with E-state index in [-0.39, 0.29) is 5.91 Å². The second kappa shape index (κ2) is 10.2. The van der Waals surface area contributed by atoms with Gasteiger partial charge in [-0.2, -0.15) is 15.5 Å². The van der Waals surface area contributed by atoms with Gasteiger partial charge in [0, 0.05) is 86.5 Å². The van der Waals surface area contributed by atoms with E-state index in [1.807, 2.05) is 48.9 Å². The molecule has 0 bridgehead atoms. The fourth-order valence-electron chi connectivity index (χ4n) is 5.32. The Labute approximate surface area is 227 Å². The Hall–Kier alpha value is -4.67. The number of amides is 1. The summed E-state index contributed by atoms with van der Waals surface area (Å²) >= 11 is 0. The molecule has 2 aliphatic heterocycles. The van der Waals surface area contributed by atoms with Crippen LogP contribution in [-0.4, -0.2) is 86.4 Å². The largest absolute Gasteiger partial charge is 0.353 e. The van der Waals surface area contributed by atoms with Crippen molar-refractivity contribution in [2.75, 3.05) is 51.2 Å². The summed E-state index contributed by atoms with van der Waals surface area (Å²) in [4.78, 5) is 23.6. The van der Waals surface area contributed by atoms with Crippen molar-refractivity contribution in [1.82, 2.24) is 34.2 Å². The lowest BCUT2D eigenvalue weighted by Gasteiger charge is -2.34. The third-order valence-electron chi connectivity index (χ3n) is 7.49. The number of carbonyl (C=O) groups excluding carboxylic acids is 1. The van der Waals surface area contributed by atoms with Crippen molar-refractivity contribution in [3.8, 4) is 40.2 Å². The van der Waals surface area contributed by atoms with Crippen LogP contribution in [0.3, 0.4) is 0 Å². The first-order valence-electron chi connectivity index (χ1n) is 13.1. The van der Waals surface area contributed by atoms with E-state index in [0.717, 1.165) is 53.1 Å². The summed E-state index contributed by atoms with van der Waals surface area (Å²) in [6.07, 6.45) is 10.1. The zero-order valence-electron chi connectivity index (χ0n) is 22.1. The van der Waals surface area contributed by atoms with E-state index in [2.05, 4.69) is 51.0 Å². The monoisotopic (exact) mass is 519 g/mol. The highest BCUT2D eigenvalue weighted by molar-refractivity contribution is 5.93. The number of piperazine rings is 1. The molecule has 0 saturated carbocycles. The average Bonchev–Trinajstić information content (AvgIpc) is 3.71. The number of nitrogens with zero attached hydrogens (tertiary/aromatic N) is 9. The number of rotatable bonds is 3. The van der Waals surface area contributed by atoms with Gasteiger partial charge < -0.3 is 14.7 Å². The highest BCUT2D eigenvalue weighted by Gasteiger charge is 2.22. The minimum atomic E-state index is -0.0841. The second-order valence-electron chi connectivity index (χ2n) is 10.2. The zero-order valence-corrected chi connectivity index (χ0v) is 22.1. The molecule has 1 amide bonds. The summed E-state index contributed by atoms with van der Waals surface area (Å²) in [5, 5.41) is 18.4. The summed E-state index contributed by atoms with van der Waals surface area (Å²) in [6.45, 7) is 4.63. The van der Waals surface area contributed by atoms with Crippen LogP contribution in [0.25, 0.3) is 27.8 Å². The van der Waals surface area contributed by atoms with Crippen molar-refractivity contribution in [3.05, 3.63) is 54.7 Å². The van der Waals surface area contributed by atoms with Gasteiger partial charge in [-0.25, -0.2) is 9.50 Å². The van der Waals surface area contributed by atoms with Crippen molar-refractivity contribution in [3.63, 3.8) is 0 Å². The van der Waals surface area contributed by atoms with Crippen molar-refractivity contribution in [2.24, 2.45) is 13.0 Å². The third kappa shape index (κ3) is 4.95. The van der Waals surface area contributed by atoms with Gasteiger partial charge in [-0.1, -0.05) is 5.92 Å². The van der Waals surface area contributed by atoms with Gasteiger partial charge in [-0.3, -0.25) is 9.48 Å². The van der Waals surface area contributed by atoms with Gasteiger partial charge in [-0.05, 0) is 44.1 Å². The molecule has 4 aromatic heterocycles. The van der Waals surface area contributed by atoms with E-state index in [9.17, 15) is 10.1 Å².